The molecule has 2 aromatic rings. The van der Waals surface area contributed by atoms with E-state index in [4.69, 9.17) is 4.74 Å². The summed E-state index contributed by atoms with van der Waals surface area (Å²) < 4.78 is 18.8. The summed E-state index contributed by atoms with van der Waals surface area (Å²) in [7, 11) is 2.61. The summed E-state index contributed by atoms with van der Waals surface area (Å²) in [6.07, 6.45) is 8.63. The highest BCUT2D eigenvalue weighted by atomic mass is 32.2. The lowest BCUT2D eigenvalue weighted by molar-refractivity contribution is -0.120. The lowest BCUT2D eigenvalue weighted by Crippen LogP contribution is -2.45. The molecule has 0 fully saturated rings. The minimum Gasteiger partial charge on any atom is -0.352 e. The molecule has 2 aromatic carbocycles. The van der Waals surface area contributed by atoms with Crippen molar-refractivity contribution in [1.82, 2.24) is 4.90 Å². The maximum Gasteiger partial charge on any atom is 0.178 e. The van der Waals surface area contributed by atoms with Gasteiger partial charge in [0.05, 0.1) is 23.2 Å². The SMILES string of the molecule is CN(C)C1(OCC(C=O)CCc2ccccc2CS(=O)c2ccccc2)C=CC(=O)C=C1. The Bertz CT molecular complexity index is 997. The summed E-state index contributed by atoms with van der Waals surface area (Å²) >= 11 is 0. The third-order valence-corrected chi connectivity index (χ3v) is 6.96. The van der Waals surface area contributed by atoms with E-state index in [0.29, 0.717) is 18.6 Å². The first-order valence-corrected chi connectivity index (χ1v) is 11.9. The van der Waals surface area contributed by atoms with Gasteiger partial charge in [-0.2, -0.15) is 0 Å². The Morgan fingerprint density at radius 3 is 2.25 bits per heavy atom. The molecule has 0 saturated heterocycles. The zero-order chi connectivity index (χ0) is 23.0. The van der Waals surface area contributed by atoms with Crippen molar-refractivity contribution in [1.29, 1.82) is 0 Å². The standard InChI is InChI=1S/C26H29NO4S/c1-27(2)26(16-14-24(29)15-17-26)31-19-21(18-28)12-13-22-8-6-7-9-23(22)20-32(30)25-10-4-3-5-11-25/h3-11,14-18,21H,12-13,19-20H2,1-2H3. The second-order valence-corrected chi connectivity index (χ2v) is 9.48. The molecule has 5 nitrogen and oxygen atoms in total. The number of aryl methyl sites for hydroxylation is 1. The lowest BCUT2D eigenvalue weighted by atomic mass is 9.98. The molecule has 0 heterocycles. The Balaban J connectivity index is 1.62. The normalized spacial score (nSPS) is 16.8. The van der Waals surface area contributed by atoms with Crippen LogP contribution in [0.3, 0.4) is 0 Å². The highest BCUT2D eigenvalue weighted by Gasteiger charge is 2.31. The third-order valence-electron chi connectivity index (χ3n) is 5.59. The Labute approximate surface area is 192 Å². The van der Waals surface area contributed by atoms with Gasteiger partial charge in [-0.25, -0.2) is 0 Å². The Morgan fingerprint density at radius 2 is 1.62 bits per heavy atom. The van der Waals surface area contributed by atoms with Crippen LogP contribution in [0.2, 0.25) is 0 Å². The Hall–Kier alpha value is -2.67. The number of ether oxygens (including phenoxy) is 1. The fourth-order valence-electron chi connectivity index (χ4n) is 3.55. The molecule has 1 aliphatic rings. The molecule has 3 rings (SSSR count). The monoisotopic (exact) mass is 451 g/mol. The van der Waals surface area contributed by atoms with Crippen LogP contribution >= 0.6 is 0 Å². The van der Waals surface area contributed by atoms with Crippen LogP contribution in [0.1, 0.15) is 17.5 Å². The molecular formula is C26H29NO4S. The molecule has 0 bridgehead atoms. The van der Waals surface area contributed by atoms with Crippen LogP contribution in [-0.2, 0) is 37.3 Å². The number of hydrogen-bond donors (Lipinski definition) is 0. The minimum absolute atomic E-state index is 0.0810. The zero-order valence-corrected chi connectivity index (χ0v) is 19.3. The van der Waals surface area contributed by atoms with E-state index in [-0.39, 0.29) is 18.3 Å². The van der Waals surface area contributed by atoms with E-state index in [1.807, 2.05) is 73.6 Å². The number of carbonyl (C=O) groups excluding carboxylic acids is 2. The van der Waals surface area contributed by atoms with Crippen molar-refractivity contribution in [2.45, 2.75) is 29.2 Å². The molecule has 6 heteroatoms. The van der Waals surface area contributed by atoms with Crippen molar-refractivity contribution in [3.8, 4) is 0 Å². The predicted octanol–water partition coefficient (Wildman–Crippen LogP) is 3.71. The molecule has 2 unspecified atom stereocenters. The van der Waals surface area contributed by atoms with Crippen molar-refractivity contribution in [2.24, 2.45) is 5.92 Å². The molecule has 32 heavy (non-hydrogen) atoms. The van der Waals surface area contributed by atoms with Gasteiger partial charge in [-0.3, -0.25) is 13.9 Å². The predicted molar refractivity (Wildman–Crippen MR) is 127 cm³/mol. The molecular weight excluding hydrogens is 422 g/mol. The van der Waals surface area contributed by atoms with Gasteiger partial charge in [0.25, 0.3) is 0 Å². The summed E-state index contributed by atoms with van der Waals surface area (Å²) in [5.74, 6) is 0.0666. The van der Waals surface area contributed by atoms with Gasteiger partial charge in [0.1, 0.15) is 6.29 Å². The first-order valence-electron chi connectivity index (χ1n) is 10.6. The van der Waals surface area contributed by atoms with Crippen LogP contribution < -0.4 is 0 Å². The molecule has 0 aliphatic heterocycles. The van der Waals surface area contributed by atoms with E-state index < -0.39 is 16.5 Å². The third kappa shape index (κ3) is 6.19. The summed E-state index contributed by atoms with van der Waals surface area (Å²) in [4.78, 5) is 25.9. The van der Waals surface area contributed by atoms with Gasteiger partial charge in [0.2, 0.25) is 0 Å². The zero-order valence-electron chi connectivity index (χ0n) is 18.5. The number of likely N-dealkylation sites (N-methyl/N-ethyl adjacent to an activating group) is 1. The molecule has 0 aromatic heterocycles. The number of hydrogen-bond acceptors (Lipinski definition) is 5. The number of aldehydes is 1. The molecule has 0 N–H and O–H groups in total. The minimum atomic E-state index is -1.12. The van der Waals surface area contributed by atoms with E-state index in [1.54, 1.807) is 12.2 Å². The highest BCUT2D eigenvalue weighted by molar-refractivity contribution is 7.84. The summed E-state index contributed by atoms with van der Waals surface area (Å²) in [6, 6.07) is 17.4. The summed E-state index contributed by atoms with van der Waals surface area (Å²) in [5.41, 5.74) is 1.29. The van der Waals surface area contributed by atoms with Crippen LogP contribution in [0, 0.1) is 5.92 Å². The fraction of sp³-hybridized carbons (Fsp3) is 0.308. The van der Waals surface area contributed by atoms with Crippen molar-refractivity contribution in [3.05, 3.63) is 90.0 Å². The number of rotatable bonds is 11. The van der Waals surface area contributed by atoms with Crippen molar-refractivity contribution in [2.75, 3.05) is 20.7 Å². The largest absolute Gasteiger partial charge is 0.352 e. The quantitative estimate of drug-likeness (QED) is 0.385. The van der Waals surface area contributed by atoms with Gasteiger partial charge in [-0.1, -0.05) is 42.5 Å². The second-order valence-electron chi connectivity index (χ2n) is 8.03. The van der Waals surface area contributed by atoms with Crippen molar-refractivity contribution >= 4 is 22.9 Å². The molecule has 2 atom stereocenters. The number of benzene rings is 2. The van der Waals surface area contributed by atoms with E-state index in [9.17, 15) is 13.8 Å². The van der Waals surface area contributed by atoms with Crippen molar-refractivity contribution < 1.29 is 18.5 Å². The summed E-state index contributed by atoms with van der Waals surface area (Å²) in [6.45, 7) is 0.239. The van der Waals surface area contributed by atoms with Gasteiger partial charge in [-0.15, -0.1) is 0 Å². The lowest BCUT2D eigenvalue weighted by Gasteiger charge is -2.36. The number of nitrogens with zero attached hydrogens (tertiary/aromatic N) is 1. The topological polar surface area (TPSA) is 63.7 Å². The average molecular weight is 452 g/mol. The average Bonchev–Trinajstić information content (AvgIpc) is 2.81. The van der Waals surface area contributed by atoms with E-state index >= 15 is 0 Å². The van der Waals surface area contributed by atoms with Crippen LogP contribution in [-0.4, -0.2) is 47.6 Å². The molecule has 0 amide bonds. The van der Waals surface area contributed by atoms with Crippen LogP contribution in [0.25, 0.3) is 0 Å². The molecule has 1 aliphatic carbocycles. The maximum atomic E-state index is 12.8. The van der Waals surface area contributed by atoms with Crippen molar-refractivity contribution in [3.63, 3.8) is 0 Å². The van der Waals surface area contributed by atoms with Crippen LogP contribution in [0.5, 0.6) is 0 Å². The van der Waals surface area contributed by atoms with E-state index in [0.717, 1.165) is 22.3 Å². The fourth-order valence-corrected chi connectivity index (χ4v) is 4.74. The Morgan fingerprint density at radius 1 is 1.00 bits per heavy atom. The van der Waals surface area contributed by atoms with Gasteiger partial charge >= 0.3 is 0 Å². The summed E-state index contributed by atoms with van der Waals surface area (Å²) in [5, 5.41) is 0. The van der Waals surface area contributed by atoms with Crippen LogP contribution in [0.4, 0.5) is 0 Å². The maximum absolute atomic E-state index is 12.8. The number of allylic oxidation sites excluding steroid dienone is 2. The molecule has 168 valence electrons. The molecule has 0 spiro atoms. The van der Waals surface area contributed by atoms with Gasteiger partial charge in [0.15, 0.2) is 11.5 Å². The molecule has 0 radical (unpaired) electrons. The van der Waals surface area contributed by atoms with Gasteiger partial charge in [0, 0.05) is 10.8 Å². The van der Waals surface area contributed by atoms with E-state index in [1.165, 1.54) is 12.2 Å². The van der Waals surface area contributed by atoms with Crippen LogP contribution in [0.15, 0.2) is 83.8 Å². The first kappa shape index (κ1) is 24.0. The van der Waals surface area contributed by atoms with Gasteiger partial charge < -0.3 is 9.53 Å². The Kier molecular flexibility index (Phi) is 8.45. The van der Waals surface area contributed by atoms with Gasteiger partial charge in [-0.05, 0) is 74.5 Å². The smallest absolute Gasteiger partial charge is 0.178 e. The van der Waals surface area contributed by atoms with E-state index in [2.05, 4.69) is 0 Å². The molecule has 0 saturated carbocycles. The number of ketones is 1. The first-order chi connectivity index (χ1) is 15.4. The number of carbonyl (C=O) groups is 2. The second kappa shape index (κ2) is 11.3. The highest BCUT2D eigenvalue weighted by Crippen LogP contribution is 2.24.